The highest BCUT2D eigenvalue weighted by atomic mass is 35.5. The summed E-state index contributed by atoms with van der Waals surface area (Å²) in [6.07, 6.45) is 0. The summed E-state index contributed by atoms with van der Waals surface area (Å²) in [7, 11) is 1.45. The zero-order valence-electron chi connectivity index (χ0n) is 11.7. The molecule has 0 aliphatic heterocycles. The van der Waals surface area contributed by atoms with Crippen molar-refractivity contribution in [1.29, 1.82) is 0 Å². The van der Waals surface area contributed by atoms with Crippen LogP contribution in [0.3, 0.4) is 0 Å². The number of rotatable bonds is 6. The van der Waals surface area contributed by atoms with Gasteiger partial charge in [-0.2, -0.15) is 0 Å². The highest BCUT2D eigenvalue weighted by molar-refractivity contribution is 6.28. The maximum absolute atomic E-state index is 11.2. The molecule has 0 saturated carbocycles. The van der Waals surface area contributed by atoms with Gasteiger partial charge in [0.05, 0.1) is 13.7 Å². The van der Waals surface area contributed by atoms with Crippen LogP contribution >= 0.6 is 11.6 Å². The molecule has 2 N–H and O–H groups in total. The Balaban J connectivity index is 2.10. The molecule has 0 saturated heterocycles. The first-order chi connectivity index (χ1) is 10.0. The number of nitrogens with one attached hydrogen (secondary N) is 1. The molecule has 5 nitrogen and oxygen atoms in total. The van der Waals surface area contributed by atoms with E-state index in [0.717, 1.165) is 11.3 Å². The van der Waals surface area contributed by atoms with Gasteiger partial charge in [0.1, 0.15) is 17.1 Å². The van der Waals surface area contributed by atoms with E-state index in [-0.39, 0.29) is 11.6 Å². The summed E-state index contributed by atoms with van der Waals surface area (Å²) in [5.74, 6) is 0.0498. The smallest absolute Gasteiger partial charge is 0.339 e. The molecular formula is C15H16ClNO4. The second-order valence-electron chi connectivity index (χ2n) is 4.57. The van der Waals surface area contributed by atoms with Gasteiger partial charge in [-0.1, -0.05) is 6.07 Å². The number of hydrogen-bond acceptors (Lipinski definition) is 4. The van der Waals surface area contributed by atoms with Crippen LogP contribution in [-0.2, 0) is 6.54 Å². The fourth-order valence-corrected chi connectivity index (χ4v) is 2.14. The number of carboxylic acid groups (broad SMARTS) is 1. The van der Waals surface area contributed by atoms with Crippen LogP contribution in [0.5, 0.6) is 5.75 Å². The molecular weight excluding hydrogens is 294 g/mol. The van der Waals surface area contributed by atoms with E-state index in [4.69, 9.17) is 20.8 Å². The molecule has 1 heterocycles. The molecule has 0 radical (unpaired) electrons. The third-order valence-corrected chi connectivity index (χ3v) is 3.37. The highest BCUT2D eigenvalue weighted by Gasteiger charge is 2.14. The van der Waals surface area contributed by atoms with Gasteiger partial charge in [0, 0.05) is 6.04 Å². The van der Waals surface area contributed by atoms with E-state index in [0.29, 0.717) is 17.5 Å². The average molecular weight is 310 g/mol. The van der Waals surface area contributed by atoms with Gasteiger partial charge in [0.2, 0.25) is 0 Å². The van der Waals surface area contributed by atoms with E-state index in [9.17, 15) is 9.90 Å². The molecule has 112 valence electrons. The van der Waals surface area contributed by atoms with Crippen molar-refractivity contribution < 1.29 is 19.1 Å². The number of methoxy groups -OCH3 is 1. The quantitative estimate of drug-likeness (QED) is 0.854. The SMILES string of the molecule is COc1ccc([C@H](C)NCc2ccc(Cl)o2)cc1C(=O)O. The number of carbonyl (C=O) groups is 1. The van der Waals surface area contributed by atoms with Crippen LogP contribution in [0, 0.1) is 0 Å². The van der Waals surface area contributed by atoms with Gasteiger partial charge in [-0.05, 0) is 48.4 Å². The summed E-state index contributed by atoms with van der Waals surface area (Å²) in [5, 5.41) is 12.8. The van der Waals surface area contributed by atoms with Crippen LogP contribution in [0.25, 0.3) is 0 Å². The lowest BCUT2D eigenvalue weighted by atomic mass is 10.0. The maximum Gasteiger partial charge on any atom is 0.339 e. The molecule has 1 atom stereocenters. The Bertz CT molecular complexity index is 638. The van der Waals surface area contributed by atoms with Crippen LogP contribution in [0.2, 0.25) is 5.22 Å². The zero-order valence-corrected chi connectivity index (χ0v) is 12.5. The molecule has 21 heavy (non-hydrogen) atoms. The number of furan rings is 1. The second kappa shape index (κ2) is 6.65. The Morgan fingerprint density at radius 2 is 2.19 bits per heavy atom. The summed E-state index contributed by atoms with van der Waals surface area (Å²) in [6, 6.07) is 8.52. The number of aromatic carboxylic acids is 1. The molecule has 0 spiro atoms. The Kier molecular flexibility index (Phi) is 4.88. The summed E-state index contributed by atoms with van der Waals surface area (Å²) in [4.78, 5) is 11.2. The minimum absolute atomic E-state index is 0.0436. The van der Waals surface area contributed by atoms with Crippen molar-refractivity contribution >= 4 is 17.6 Å². The number of benzene rings is 1. The second-order valence-corrected chi connectivity index (χ2v) is 4.95. The third kappa shape index (κ3) is 3.77. The van der Waals surface area contributed by atoms with Crippen molar-refractivity contribution in [3.63, 3.8) is 0 Å². The van der Waals surface area contributed by atoms with Gasteiger partial charge < -0.3 is 19.6 Å². The Morgan fingerprint density at radius 1 is 1.43 bits per heavy atom. The molecule has 2 rings (SSSR count). The zero-order chi connectivity index (χ0) is 15.4. The van der Waals surface area contributed by atoms with E-state index < -0.39 is 5.97 Å². The summed E-state index contributed by atoms with van der Waals surface area (Å²) in [5.41, 5.74) is 0.996. The molecule has 6 heteroatoms. The summed E-state index contributed by atoms with van der Waals surface area (Å²) < 4.78 is 10.3. The topological polar surface area (TPSA) is 71.7 Å². The molecule has 0 amide bonds. The summed E-state index contributed by atoms with van der Waals surface area (Å²) >= 11 is 5.71. The van der Waals surface area contributed by atoms with Crippen LogP contribution in [-0.4, -0.2) is 18.2 Å². The normalized spacial score (nSPS) is 12.1. The molecule has 0 unspecified atom stereocenters. The predicted molar refractivity (Wildman–Crippen MR) is 78.9 cm³/mol. The third-order valence-electron chi connectivity index (χ3n) is 3.17. The van der Waals surface area contributed by atoms with Gasteiger partial charge in [-0.3, -0.25) is 0 Å². The fraction of sp³-hybridized carbons (Fsp3) is 0.267. The van der Waals surface area contributed by atoms with E-state index in [1.165, 1.54) is 7.11 Å². The molecule has 1 aromatic heterocycles. The van der Waals surface area contributed by atoms with Gasteiger partial charge in [0.15, 0.2) is 5.22 Å². The van der Waals surface area contributed by atoms with Crippen molar-refractivity contribution in [3.8, 4) is 5.75 Å². The number of halogens is 1. The summed E-state index contributed by atoms with van der Waals surface area (Å²) in [6.45, 7) is 2.44. The number of hydrogen-bond donors (Lipinski definition) is 2. The Labute approximate surface area is 127 Å². The fourth-order valence-electron chi connectivity index (χ4n) is 1.98. The van der Waals surface area contributed by atoms with Crippen molar-refractivity contribution in [2.24, 2.45) is 0 Å². The van der Waals surface area contributed by atoms with Crippen molar-refractivity contribution in [2.45, 2.75) is 19.5 Å². The molecule has 2 aromatic rings. The molecule has 0 fully saturated rings. The minimum atomic E-state index is -1.02. The predicted octanol–water partition coefficient (Wildman–Crippen LogP) is 3.49. The number of ether oxygens (including phenoxy) is 1. The van der Waals surface area contributed by atoms with E-state index in [2.05, 4.69) is 5.32 Å². The van der Waals surface area contributed by atoms with Gasteiger partial charge >= 0.3 is 5.97 Å². The first-order valence-electron chi connectivity index (χ1n) is 6.40. The lowest BCUT2D eigenvalue weighted by molar-refractivity contribution is 0.0693. The molecule has 0 bridgehead atoms. The van der Waals surface area contributed by atoms with Crippen LogP contribution < -0.4 is 10.1 Å². The van der Waals surface area contributed by atoms with Gasteiger partial charge in [-0.25, -0.2) is 4.79 Å². The minimum Gasteiger partial charge on any atom is -0.496 e. The van der Waals surface area contributed by atoms with Crippen LogP contribution in [0.15, 0.2) is 34.7 Å². The highest BCUT2D eigenvalue weighted by Crippen LogP contribution is 2.24. The first-order valence-corrected chi connectivity index (χ1v) is 6.78. The van der Waals surface area contributed by atoms with Gasteiger partial charge in [0.25, 0.3) is 0 Å². The molecule has 0 aliphatic rings. The van der Waals surface area contributed by atoms with E-state index in [1.807, 2.05) is 13.0 Å². The lowest BCUT2D eigenvalue weighted by Gasteiger charge is -2.15. The average Bonchev–Trinajstić information content (AvgIpc) is 2.89. The van der Waals surface area contributed by atoms with E-state index in [1.54, 1.807) is 24.3 Å². The lowest BCUT2D eigenvalue weighted by Crippen LogP contribution is -2.18. The Morgan fingerprint density at radius 3 is 2.76 bits per heavy atom. The van der Waals surface area contributed by atoms with Crippen LogP contribution in [0.1, 0.15) is 34.6 Å². The first kappa shape index (κ1) is 15.4. The van der Waals surface area contributed by atoms with Gasteiger partial charge in [-0.15, -0.1) is 0 Å². The Hall–Kier alpha value is -1.98. The number of carboxylic acids is 1. The standard InChI is InChI=1S/C15H16ClNO4/c1-9(17-8-11-4-6-14(16)21-11)10-3-5-13(20-2)12(7-10)15(18)19/h3-7,9,17H,8H2,1-2H3,(H,18,19)/t9-/m0/s1. The van der Waals surface area contributed by atoms with E-state index >= 15 is 0 Å². The molecule has 1 aromatic carbocycles. The molecule has 0 aliphatic carbocycles. The van der Waals surface area contributed by atoms with Crippen molar-refractivity contribution in [1.82, 2.24) is 5.32 Å². The largest absolute Gasteiger partial charge is 0.496 e. The van der Waals surface area contributed by atoms with Crippen molar-refractivity contribution in [3.05, 3.63) is 52.4 Å². The van der Waals surface area contributed by atoms with Crippen LogP contribution in [0.4, 0.5) is 0 Å². The maximum atomic E-state index is 11.2. The monoisotopic (exact) mass is 309 g/mol. The van der Waals surface area contributed by atoms with Crippen molar-refractivity contribution in [2.75, 3.05) is 7.11 Å².